The van der Waals surface area contributed by atoms with Crippen molar-refractivity contribution in [2.24, 2.45) is 0 Å². The van der Waals surface area contributed by atoms with Crippen molar-refractivity contribution >= 4 is 11.8 Å². The van der Waals surface area contributed by atoms with Crippen LogP contribution in [0.2, 0.25) is 0 Å². The molecule has 3 rings (SSSR count). The lowest BCUT2D eigenvalue weighted by Gasteiger charge is -2.31. The summed E-state index contributed by atoms with van der Waals surface area (Å²) in [5.74, 6) is 0.234. The molecule has 2 amide bonds. The van der Waals surface area contributed by atoms with E-state index < -0.39 is 6.04 Å². The number of carbonyl (C=O) groups excluding carboxylic acids is 2. The molecule has 0 aliphatic heterocycles. The average molecular weight is 445 g/mol. The summed E-state index contributed by atoms with van der Waals surface area (Å²) >= 11 is 0. The van der Waals surface area contributed by atoms with E-state index in [1.807, 2.05) is 99.6 Å². The second kappa shape index (κ2) is 11.9. The van der Waals surface area contributed by atoms with E-state index in [-0.39, 0.29) is 18.4 Å². The van der Waals surface area contributed by atoms with E-state index in [1.54, 1.807) is 4.90 Å². The average Bonchev–Trinajstić information content (AvgIpc) is 2.82. The van der Waals surface area contributed by atoms with E-state index in [4.69, 9.17) is 4.74 Å². The van der Waals surface area contributed by atoms with E-state index in [9.17, 15) is 9.59 Å². The van der Waals surface area contributed by atoms with Crippen molar-refractivity contribution in [3.05, 3.63) is 101 Å². The summed E-state index contributed by atoms with van der Waals surface area (Å²) in [7, 11) is 0. The van der Waals surface area contributed by atoms with E-state index in [0.717, 1.165) is 22.3 Å². The third-order valence-corrected chi connectivity index (χ3v) is 5.45. The molecule has 0 saturated carbocycles. The molecule has 172 valence electrons. The molecule has 0 saturated heterocycles. The van der Waals surface area contributed by atoms with Gasteiger partial charge in [0.15, 0.2) is 6.61 Å². The van der Waals surface area contributed by atoms with Crippen molar-refractivity contribution in [3.8, 4) is 5.75 Å². The van der Waals surface area contributed by atoms with Crippen LogP contribution in [-0.2, 0) is 22.6 Å². The lowest BCUT2D eigenvalue weighted by Crippen LogP contribution is -2.51. The quantitative estimate of drug-likeness (QED) is 0.502. The van der Waals surface area contributed by atoms with Crippen LogP contribution in [0.3, 0.4) is 0 Å². The Bertz CT molecular complexity index is 1050. The van der Waals surface area contributed by atoms with Gasteiger partial charge in [0.2, 0.25) is 5.91 Å². The molecule has 3 aromatic carbocycles. The Morgan fingerprint density at radius 1 is 0.879 bits per heavy atom. The molecular formula is C28H32N2O3. The maximum atomic E-state index is 13.4. The van der Waals surface area contributed by atoms with Gasteiger partial charge in [0.1, 0.15) is 11.8 Å². The van der Waals surface area contributed by atoms with Gasteiger partial charge in [-0.15, -0.1) is 0 Å². The summed E-state index contributed by atoms with van der Waals surface area (Å²) < 4.78 is 5.80. The zero-order valence-corrected chi connectivity index (χ0v) is 19.6. The maximum absolute atomic E-state index is 13.4. The van der Waals surface area contributed by atoms with Gasteiger partial charge in [-0.1, -0.05) is 72.3 Å². The predicted octanol–water partition coefficient (Wildman–Crippen LogP) is 4.46. The number of carbonyl (C=O) groups is 2. The van der Waals surface area contributed by atoms with E-state index in [1.165, 1.54) is 0 Å². The lowest BCUT2D eigenvalue weighted by atomic mass is 10.0. The third kappa shape index (κ3) is 7.21. The highest BCUT2D eigenvalue weighted by atomic mass is 16.5. The summed E-state index contributed by atoms with van der Waals surface area (Å²) in [6.45, 7) is 6.56. The van der Waals surface area contributed by atoms with Gasteiger partial charge in [-0.3, -0.25) is 9.59 Å². The monoisotopic (exact) mass is 444 g/mol. The number of nitrogens with one attached hydrogen (secondary N) is 1. The molecule has 1 atom stereocenters. The van der Waals surface area contributed by atoms with E-state index in [0.29, 0.717) is 25.3 Å². The molecule has 5 nitrogen and oxygen atoms in total. The zero-order chi connectivity index (χ0) is 23.6. The number of hydrogen-bond acceptors (Lipinski definition) is 3. The van der Waals surface area contributed by atoms with Gasteiger partial charge in [-0.05, 0) is 49.6 Å². The molecule has 0 aliphatic rings. The summed E-state index contributed by atoms with van der Waals surface area (Å²) in [6, 6.07) is 24.7. The Labute approximate surface area is 196 Å². The fourth-order valence-electron chi connectivity index (χ4n) is 3.67. The number of likely N-dealkylation sites (N-methyl/N-ethyl adjacent to an activating group) is 1. The highest BCUT2D eigenvalue weighted by molar-refractivity contribution is 5.88. The number of hydrogen-bond donors (Lipinski definition) is 1. The molecule has 3 aromatic rings. The van der Waals surface area contributed by atoms with Crippen LogP contribution in [0.25, 0.3) is 0 Å². The van der Waals surface area contributed by atoms with Crippen LogP contribution >= 0.6 is 0 Å². The topological polar surface area (TPSA) is 58.6 Å². The smallest absolute Gasteiger partial charge is 0.261 e. The van der Waals surface area contributed by atoms with Gasteiger partial charge in [0.25, 0.3) is 5.91 Å². The normalized spacial score (nSPS) is 11.5. The Kier molecular flexibility index (Phi) is 8.64. The number of amides is 2. The number of nitrogens with zero attached hydrogens (tertiary/aromatic N) is 1. The van der Waals surface area contributed by atoms with Crippen molar-refractivity contribution in [1.82, 2.24) is 10.2 Å². The molecule has 0 heterocycles. The van der Waals surface area contributed by atoms with Gasteiger partial charge in [-0.25, -0.2) is 0 Å². The van der Waals surface area contributed by atoms with Gasteiger partial charge < -0.3 is 15.0 Å². The van der Waals surface area contributed by atoms with Crippen LogP contribution in [0.15, 0.2) is 78.9 Å². The minimum atomic E-state index is -0.651. The van der Waals surface area contributed by atoms with Crippen molar-refractivity contribution in [3.63, 3.8) is 0 Å². The molecule has 33 heavy (non-hydrogen) atoms. The first-order valence-electron chi connectivity index (χ1n) is 11.3. The van der Waals surface area contributed by atoms with Gasteiger partial charge in [-0.2, -0.15) is 0 Å². The van der Waals surface area contributed by atoms with E-state index >= 15 is 0 Å². The molecule has 0 radical (unpaired) electrons. The largest absolute Gasteiger partial charge is 0.484 e. The van der Waals surface area contributed by atoms with Crippen LogP contribution in [0.1, 0.15) is 29.2 Å². The number of ether oxygens (including phenoxy) is 1. The number of aryl methyl sites for hydroxylation is 2. The van der Waals surface area contributed by atoms with Gasteiger partial charge >= 0.3 is 0 Å². The number of rotatable bonds is 10. The molecule has 1 N–H and O–H groups in total. The fourth-order valence-corrected chi connectivity index (χ4v) is 3.67. The standard InChI is InChI=1S/C28H32N2O3/c1-4-29-28(32)26(18-23-10-6-5-7-11-23)30(19-24-15-13-21(2)14-16-24)27(31)20-33-25-12-8-9-22(3)17-25/h5-17,26H,4,18-20H2,1-3H3,(H,29,32). The Balaban J connectivity index is 1.88. The maximum Gasteiger partial charge on any atom is 0.261 e. The Hall–Kier alpha value is -3.60. The predicted molar refractivity (Wildman–Crippen MR) is 131 cm³/mol. The molecule has 1 unspecified atom stereocenters. The summed E-state index contributed by atoms with van der Waals surface area (Å²) in [6.07, 6.45) is 0.425. The second-order valence-corrected chi connectivity index (χ2v) is 8.21. The van der Waals surface area contributed by atoms with Crippen molar-refractivity contribution in [2.45, 2.75) is 39.8 Å². The highest BCUT2D eigenvalue weighted by Crippen LogP contribution is 2.17. The fraction of sp³-hybridized carbons (Fsp3) is 0.286. The Morgan fingerprint density at radius 2 is 1.61 bits per heavy atom. The molecule has 5 heteroatoms. The van der Waals surface area contributed by atoms with Crippen molar-refractivity contribution in [1.29, 1.82) is 0 Å². The molecule has 0 aliphatic carbocycles. The van der Waals surface area contributed by atoms with Crippen LogP contribution in [0.5, 0.6) is 5.75 Å². The van der Waals surface area contributed by atoms with Gasteiger partial charge in [0, 0.05) is 19.5 Å². The highest BCUT2D eigenvalue weighted by Gasteiger charge is 2.30. The van der Waals surface area contributed by atoms with Crippen LogP contribution < -0.4 is 10.1 Å². The van der Waals surface area contributed by atoms with Crippen LogP contribution in [-0.4, -0.2) is 35.9 Å². The SMILES string of the molecule is CCNC(=O)C(Cc1ccccc1)N(Cc1ccc(C)cc1)C(=O)COc1cccc(C)c1. The van der Waals surface area contributed by atoms with Crippen molar-refractivity contribution < 1.29 is 14.3 Å². The summed E-state index contributed by atoms with van der Waals surface area (Å²) in [5.41, 5.74) is 4.16. The minimum absolute atomic E-state index is 0.139. The molecule has 0 bridgehead atoms. The van der Waals surface area contributed by atoms with Crippen molar-refractivity contribution in [2.75, 3.05) is 13.2 Å². The Morgan fingerprint density at radius 3 is 2.27 bits per heavy atom. The van der Waals surface area contributed by atoms with Crippen LogP contribution in [0, 0.1) is 13.8 Å². The molecule has 0 fully saturated rings. The number of benzene rings is 3. The minimum Gasteiger partial charge on any atom is -0.484 e. The summed E-state index contributed by atoms with van der Waals surface area (Å²) in [4.78, 5) is 28.2. The first-order valence-corrected chi connectivity index (χ1v) is 11.3. The second-order valence-electron chi connectivity index (χ2n) is 8.21. The first-order chi connectivity index (χ1) is 16.0. The third-order valence-electron chi connectivity index (χ3n) is 5.45. The lowest BCUT2D eigenvalue weighted by molar-refractivity contribution is -0.142. The van der Waals surface area contributed by atoms with E-state index in [2.05, 4.69) is 5.32 Å². The van der Waals surface area contributed by atoms with Gasteiger partial charge in [0.05, 0.1) is 0 Å². The van der Waals surface area contributed by atoms with Crippen LogP contribution in [0.4, 0.5) is 0 Å². The first kappa shape index (κ1) is 24.1. The molecular weight excluding hydrogens is 412 g/mol. The molecule has 0 aromatic heterocycles. The summed E-state index contributed by atoms with van der Waals surface area (Å²) in [5, 5.41) is 2.90. The zero-order valence-electron chi connectivity index (χ0n) is 19.6. The molecule has 0 spiro atoms.